The molecule has 0 bridgehead atoms. The first kappa shape index (κ1) is 14.7. The van der Waals surface area contributed by atoms with Crippen molar-refractivity contribution in [3.63, 3.8) is 0 Å². The Hall–Kier alpha value is -2.27. The molecule has 2 aliphatic heterocycles. The molecule has 2 heterocycles. The molecule has 2 aliphatic rings. The van der Waals surface area contributed by atoms with Gasteiger partial charge in [-0.2, -0.15) is 0 Å². The van der Waals surface area contributed by atoms with Crippen molar-refractivity contribution in [2.24, 2.45) is 4.99 Å². The molecule has 114 valence electrons. The largest absolute Gasteiger partial charge is 0.463 e. The van der Waals surface area contributed by atoms with E-state index < -0.39 is 6.17 Å². The summed E-state index contributed by atoms with van der Waals surface area (Å²) in [7, 11) is 1.77. The van der Waals surface area contributed by atoms with Crippen molar-refractivity contribution in [3.05, 3.63) is 53.3 Å². The molecule has 1 atom stereocenters. The van der Waals surface area contributed by atoms with E-state index in [1.54, 1.807) is 25.1 Å². The number of carbonyl (C=O) groups excluding carboxylic acids is 1. The van der Waals surface area contributed by atoms with Crippen LogP contribution in [0.15, 0.2) is 58.3 Å². The fourth-order valence-corrected chi connectivity index (χ4v) is 2.84. The Morgan fingerprint density at radius 3 is 2.77 bits per heavy atom. The number of benzene rings is 1. The summed E-state index contributed by atoms with van der Waals surface area (Å²) in [6, 6.07) is 9.62. The quantitative estimate of drug-likeness (QED) is 0.635. The van der Waals surface area contributed by atoms with Crippen molar-refractivity contribution in [1.82, 2.24) is 4.90 Å². The van der Waals surface area contributed by atoms with Crippen molar-refractivity contribution >= 4 is 29.1 Å². The highest BCUT2D eigenvalue weighted by Gasteiger charge is 2.41. The van der Waals surface area contributed by atoms with Crippen molar-refractivity contribution in [3.8, 4) is 0 Å². The highest BCUT2D eigenvalue weighted by molar-refractivity contribution is 6.34. The summed E-state index contributed by atoms with van der Waals surface area (Å²) in [5, 5.41) is 0.484. The number of ether oxygens (including phenoxy) is 1. The lowest BCUT2D eigenvalue weighted by atomic mass is 10.1. The highest BCUT2D eigenvalue weighted by Crippen LogP contribution is 2.34. The van der Waals surface area contributed by atoms with Gasteiger partial charge in [0.25, 0.3) is 0 Å². The van der Waals surface area contributed by atoms with Gasteiger partial charge in [-0.05, 0) is 25.1 Å². The first-order chi connectivity index (χ1) is 10.6. The molecule has 0 radical (unpaired) electrons. The molecule has 3 rings (SSSR count). The Kier molecular flexibility index (Phi) is 3.90. The van der Waals surface area contributed by atoms with Crippen LogP contribution in [0.25, 0.3) is 0 Å². The van der Waals surface area contributed by atoms with E-state index in [4.69, 9.17) is 16.3 Å². The van der Waals surface area contributed by atoms with Gasteiger partial charge in [-0.3, -0.25) is 4.90 Å². The van der Waals surface area contributed by atoms with Gasteiger partial charge in [-0.15, -0.1) is 0 Å². The number of carbonyl (C=O) groups is 1. The predicted octanol–water partition coefficient (Wildman–Crippen LogP) is 2.70. The second-order valence-corrected chi connectivity index (χ2v) is 5.27. The number of likely N-dealkylation sites (N-methyl/N-ethyl adjacent to an activating group) is 1. The fraction of sp³-hybridized carbons (Fsp3) is 0.250. The lowest BCUT2D eigenvalue weighted by Crippen LogP contribution is -2.57. The van der Waals surface area contributed by atoms with Gasteiger partial charge in [0, 0.05) is 18.9 Å². The minimum Gasteiger partial charge on any atom is -0.463 e. The summed E-state index contributed by atoms with van der Waals surface area (Å²) in [6.45, 7) is 2.09. The zero-order valence-corrected chi connectivity index (χ0v) is 13.1. The number of rotatable bonds is 3. The topological polar surface area (TPSA) is 45.1 Å². The molecule has 1 aromatic rings. The van der Waals surface area contributed by atoms with Crippen molar-refractivity contribution in [1.29, 1.82) is 0 Å². The zero-order chi connectivity index (χ0) is 15.7. The maximum atomic E-state index is 12.5. The third-order valence-corrected chi connectivity index (χ3v) is 4.05. The van der Waals surface area contributed by atoms with Gasteiger partial charge in [0.1, 0.15) is 11.0 Å². The lowest BCUT2D eigenvalue weighted by Gasteiger charge is -2.42. The molecule has 0 fully saturated rings. The number of anilines is 1. The number of hydrogen-bond acceptors (Lipinski definition) is 5. The van der Waals surface area contributed by atoms with Crippen molar-refractivity contribution in [2.75, 3.05) is 18.6 Å². The van der Waals surface area contributed by atoms with Gasteiger partial charge in [0.15, 0.2) is 0 Å². The van der Waals surface area contributed by atoms with Gasteiger partial charge >= 0.3 is 5.97 Å². The maximum absolute atomic E-state index is 12.5. The summed E-state index contributed by atoms with van der Waals surface area (Å²) < 4.78 is 5.22. The number of fused-ring (bicyclic) bond motifs is 1. The predicted molar refractivity (Wildman–Crippen MR) is 86.6 cm³/mol. The summed E-state index contributed by atoms with van der Waals surface area (Å²) >= 11 is 6.40. The molecule has 1 unspecified atom stereocenters. The third-order valence-electron chi connectivity index (χ3n) is 3.58. The highest BCUT2D eigenvalue weighted by atomic mass is 35.5. The molecule has 1 aromatic carbocycles. The molecule has 0 aromatic heterocycles. The summed E-state index contributed by atoms with van der Waals surface area (Å²) in [5.41, 5.74) is 1.66. The van der Waals surface area contributed by atoms with E-state index >= 15 is 0 Å². The molecule has 5 nitrogen and oxygen atoms in total. The van der Waals surface area contributed by atoms with E-state index in [-0.39, 0.29) is 5.97 Å². The fourth-order valence-electron chi connectivity index (χ4n) is 2.60. The molecule has 0 aliphatic carbocycles. The van der Waals surface area contributed by atoms with E-state index in [9.17, 15) is 4.79 Å². The van der Waals surface area contributed by atoms with E-state index in [2.05, 4.69) is 4.99 Å². The Labute approximate surface area is 134 Å². The average molecular weight is 318 g/mol. The van der Waals surface area contributed by atoms with E-state index in [1.165, 1.54) is 0 Å². The first-order valence-corrected chi connectivity index (χ1v) is 7.41. The summed E-state index contributed by atoms with van der Waals surface area (Å²) in [5.74, 6) is 0.299. The van der Waals surface area contributed by atoms with E-state index in [1.807, 2.05) is 41.3 Å². The van der Waals surface area contributed by atoms with Crippen molar-refractivity contribution < 1.29 is 9.53 Å². The lowest BCUT2D eigenvalue weighted by molar-refractivity contribution is -0.147. The number of amidine groups is 1. The van der Waals surface area contributed by atoms with Gasteiger partial charge in [0.05, 0.1) is 12.2 Å². The maximum Gasteiger partial charge on any atom is 0.350 e. The van der Waals surface area contributed by atoms with E-state index in [0.717, 1.165) is 11.3 Å². The van der Waals surface area contributed by atoms with Crippen LogP contribution in [0.5, 0.6) is 0 Å². The number of hydrogen-bond donors (Lipinski definition) is 0. The molecule has 0 saturated heterocycles. The minimum atomic E-state index is -0.683. The van der Waals surface area contributed by atoms with Crippen LogP contribution >= 0.6 is 11.6 Å². The Balaban J connectivity index is 2.12. The Morgan fingerprint density at radius 1 is 1.36 bits per heavy atom. The normalized spacial score (nSPS) is 20.1. The van der Waals surface area contributed by atoms with Gasteiger partial charge < -0.3 is 9.64 Å². The van der Waals surface area contributed by atoms with Crippen LogP contribution in [0.2, 0.25) is 0 Å². The van der Waals surface area contributed by atoms with Crippen LogP contribution < -0.4 is 4.90 Å². The Morgan fingerprint density at radius 2 is 2.09 bits per heavy atom. The van der Waals surface area contributed by atoms with Crippen LogP contribution in [0.1, 0.15) is 6.92 Å². The Bertz CT molecular complexity index is 682. The standard InChI is InChI=1S/C16H16ClN3O2/c1-3-22-16(21)15-19(2)13(17)12-9-10-18-14(12)20(15)11-7-5-4-6-8-11/h4-10,15H,3H2,1-2H3. The molecule has 0 saturated carbocycles. The molecule has 22 heavy (non-hydrogen) atoms. The second-order valence-electron chi connectivity index (χ2n) is 4.92. The number of esters is 1. The molecule has 6 heteroatoms. The SMILES string of the molecule is CCOC(=O)C1N(C)C(Cl)=C2C=CN=C2N1c1ccccc1. The van der Waals surface area contributed by atoms with E-state index in [0.29, 0.717) is 17.6 Å². The summed E-state index contributed by atoms with van der Waals surface area (Å²) in [4.78, 5) is 20.4. The van der Waals surface area contributed by atoms with Gasteiger partial charge in [-0.25, -0.2) is 9.79 Å². The molecular weight excluding hydrogens is 302 g/mol. The number of aliphatic imine (C=N–C) groups is 1. The molecule has 0 spiro atoms. The average Bonchev–Trinajstić information content (AvgIpc) is 3.01. The van der Waals surface area contributed by atoms with Crippen molar-refractivity contribution in [2.45, 2.75) is 13.1 Å². The summed E-state index contributed by atoms with van der Waals surface area (Å²) in [6.07, 6.45) is 2.84. The van der Waals surface area contributed by atoms with Crippen LogP contribution in [-0.4, -0.2) is 36.5 Å². The van der Waals surface area contributed by atoms with Crippen LogP contribution in [-0.2, 0) is 9.53 Å². The second kappa shape index (κ2) is 5.85. The third kappa shape index (κ3) is 2.27. The van der Waals surface area contributed by atoms with Gasteiger partial charge in [0.2, 0.25) is 6.17 Å². The molecular formula is C16H16ClN3O2. The van der Waals surface area contributed by atoms with Crippen LogP contribution in [0.3, 0.4) is 0 Å². The number of para-hydroxylation sites is 1. The van der Waals surface area contributed by atoms with Crippen LogP contribution in [0.4, 0.5) is 5.69 Å². The van der Waals surface area contributed by atoms with Gasteiger partial charge in [-0.1, -0.05) is 29.8 Å². The zero-order valence-electron chi connectivity index (χ0n) is 12.4. The monoisotopic (exact) mass is 317 g/mol. The molecule has 0 N–H and O–H groups in total. The van der Waals surface area contributed by atoms with Crippen LogP contribution in [0, 0.1) is 0 Å². The first-order valence-electron chi connectivity index (χ1n) is 7.03. The molecule has 0 amide bonds. The smallest absolute Gasteiger partial charge is 0.350 e. The minimum absolute atomic E-state index is 0.310. The number of nitrogens with zero attached hydrogens (tertiary/aromatic N) is 3. The number of halogens is 1.